The molecule has 2 aromatic heterocycles. The van der Waals surface area contributed by atoms with Crippen LogP contribution in [0.15, 0.2) is 30.5 Å². The van der Waals surface area contributed by atoms with Gasteiger partial charge in [-0.3, -0.25) is 9.78 Å². The maximum Gasteiger partial charge on any atom is 0.252 e. The molecule has 0 bridgehead atoms. The van der Waals surface area contributed by atoms with E-state index in [1.807, 2.05) is 25.3 Å². The average Bonchev–Trinajstić information content (AvgIpc) is 3.12. The van der Waals surface area contributed by atoms with Crippen molar-refractivity contribution in [3.8, 4) is 0 Å². The van der Waals surface area contributed by atoms with Crippen LogP contribution in [0.4, 0.5) is 0 Å². The van der Waals surface area contributed by atoms with Crippen molar-refractivity contribution in [1.29, 1.82) is 0 Å². The van der Waals surface area contributed by atoms with Gasteiger partial charge in [-0.2, -0.15) is 0 Å². The van der Waals surface area contributed by atoms with Crippen molar-refractivity contribution in [1.82, 2.24) is 20.3 Å². The smallest absolute Gasteiger partial charge is 0.252 e. The Balaban J connectivity index is 1.59. The monoisotopic (exact) mass is 346 g/mol. The molecule has 0 atom stereocenters. The van der Waals surface area contributed by atoms with Crippen molar-refractivity contribution in [2.24, 2.45) is 0 Å². The van der Waals surface area contributed by atoms with Crippen molar-refractivity contribution in [2.45, 2.75) is 46.1 Å². The van der Waals surface area contributed by atoms with Crippen LogP contribution in [0.3, 0.4) is 0 Å². The summed E-state index contributed by atoms with van der Waals surface area (Å²) in [6, 6.07) is 7.96. The number of benzene rings is 1. The van der Waals surface area contributed by atoms with E-state index in [1.54, 1.807) is 0 Å². The number of amides is 1. The van der Waals surface area contributed by atoms with Gasteiger partial charge in [0.15, 0.2) is 0 Å². The molecule has 0 spiro atoms. The fraction of sp³-hybridized carbons (Fsp3) is 0.333. The standard InChI is InChI=1S/C21H22N4O/c1-3-14-7-8-19-16(10-14)17(9-13(2)24-19)21(26)23-12-20-22-11-15-5-4-6-18(15)25-20/h7-11H,3-6,12H2,1-2H3,(H,23,26). The van der Waals surface area contributed by atoms with Crippen molar-refractivity contribution < 1.29 is 4.79 Å². The van der Waals surface area contributed by atoms with Crippen LogP contribution in [-0.2, 0) is 25.8 Å². The molecule has 0 fully saturated rings. The predicted octanol–water partition coefficient (Wildman–Crippen LogP) is 3.31. The predicted molar refractivity (Wildman–Crippen MR) is 101 cm³/mol. The lowest BCUT2D eigenvalue weighted by molar-refractivity contribution is 0.0951. The number of hydrogen-bond donors (Lipinski definition) is 1. The van der Waals surface area contributed by atoms with Gasteiger partial charge in [0.2, 0.25) is 0 Å². The van der Waals surface area contributed by atoms with E-state index in [9.17, 15) is 4.79 Å². The van der Waals surface area contributed by atoms with E-state index in [1.165, 1.54) is 11.1 Å². The summed E-state index contributed by atoms with van der Waals surface area (Å²) < 4.78 is 0. The molecular formula is C21H22N4O. The Bertz CT molecular complexity index is 997. The van der Waals surface area contributed by atoms with Gasteiger partial charge in [0.1, 0.15) is 5.82 Å². The van der Waals surface area contributed by atoms with Crippen molar-refractivity contribution in [2.75, 3.05) is 0 Å². The third-order valence-electron chi connectivity index (χ3n) is 4.92. The Kier molecular flexibility index (Phi) is 4.37. The van der Waals surface area contributed by atoms with Crippen LogP contribution >= 0.6 is 0 Å². The van der Waals surface area contributed by atoms with E-state index >= 15 is 0 Å². The average molecular weight is 346 g/mol. The molecule has 132 valence electrons. The van der Waals surface area contributed by atoms with Crippen LogP contribution in [-0.4, -0.2) is 20.9 Å². The quantitative estimate of drug-likeness (QED) is 0.787. The molecule has 4 rings (SSSR count). The van der Waals surface area contributed by atoms with E-state index in [4.69, 9.17) is 0 Å². The number of aromatic nitrogens is 3. The summed E-state index contributed by atoms with van der Waals surface area (Å²) in [4.78, 5) is 26.3. The van der Waals surface area contributed by atoms with E-state index in [-0.39, 0.29) is 5.91 Å². The summed E-state index contributed by atoms with van der Waals surface area (Å²) in [5.41, 5.74) is 5.90. The molecule has 1 aromatic carbocycles. The summed E-state index contributed by atoms with van der Waals surface area (Å²) in [5.74, 6) is 0.557. The maximum atomic E-state index is 12.8. The van der Waals surface area contributed by atoms with Gasteiger partial charge in [0.25, 0.3) is 5.91 Å². The Morgan fingerprint density at radius 3 is 2.92 bits per heavy atom. The molecule has 5 heteroatoms. The lowest BCUT2D eigenvalue weighted by Crippen LogP contribution is -2.24. The van der Waals surface area contributed by atoms with Crippen LogP contribution < -0.4 is 5.32 Å². The summed E-state index contributed by atoms with van der Waals surface area (Å²) in [7, 11) is 0. The fourth-order valence-electron chi connectivity index (χ4n) is 3.51. The molecule has 0 saturated heterocycles. The highest BCUT2D eigenvalue weighted by Crippen LogP contribution is 2.21. The van der Waals surface area contributed by atoms with Crippen LogP contribution in [0.2, 0.25) is 0 Å². The van der Waals surface area contributed by atoms with Gasteiger partial charge in [0, 0.05) is 23.0 Å². The molecule has 0 radical (unpaired) electrons. The molecule has 2 heterocycles. The van der Waals surface area contributed by atoms with E-state index in [0.717, 1.165) is 48.0 Å². The second kappa shape index (κ2) is 6.83. The van der Waals surface area contributed by atoms with Crippen LogP contribution in [0.1, 0.15) is 52.0 Å². The van der Waals surface area contributed by atoms with Crippen LogP contribution in [0.25, 0.3) is 10.9 Å². The first-order valence-corrected chi connectivity index (χ1v) is 9.16. The first-order chi connectivity index (χ1) is 12.6. The van der Waals surface area contributed by atoms with E-state index < -0.39 is 0 Å². The van der Waals surface area contributed by atoms with Gasteiger partial charge in [0.05, 0.1) is 17.6 Å². The van der Waals surface area contributed by atoms with Crippen molar-refractivity contribution in [3.05, 3.63) is 64.4 Å². The molecule has 0 unspecified atom stereocenters. The zero-order chi connectivity index (χ0) is 18.1. The maximum absolute atomic E-state index is 12.8. The largest absolute Gasteiger partial charge is 0.345 e. The number of carbonyl (C=O) groups excluding carboxylic acids is 1. The van der Waals surface area contributed by atoms with Gasteiger partial charge in [-0.1, -0.05) is 13.0 Å². The molecule has 0 aliphatic heterocycles. The normalized spacial score (nSPS) is 13.0. The minimum Gasteiger partial charge on any atom is -0.345 e. The zero-order valence-corrected chi connectivity index (χ0v) is 15.2. The van der Waals surface area contributed by atoms with Crippen molar-refractivity contribution >= 4 is 16.8 Å². The van der Waals surface area contributed by atoms with Gasteiger partial charge in [-0.25, -0.2) is 9.97 Å². The first-order valence-electron chi connectivity index (χ1n) is 9.16. The minimum atomic E-state index is -0.113. The van der Waals surface area contributed by atoms with Gasteiger partial charge < -0.3 is 5.32 Å². The fourth-order valence-corrected chi connectivity index (χ4v) is 3.51. The Labute approximate surface area is 152 Å². The summed E-state index contributed by atoms with van der Waals surface area (Å²) in [5, 5.41) is 3.86. The molecule has 26 heavy (non-hydrogen) atoms. The Morgan fingerprint density at radius 1 is 1.19 bits per heavy atom. The Hall–Kier alpha value is -2.82. The molecular weight excluding hydrogens is 324 g/mol. The second-order valence-corrected chi connectivity index (χ2v) is 6.81. The molecule has 0 saturated carbocycles. The number of fused-ring (bicyclic) bond motifs is 2. The molecule has 5 nitrogen and oxygen atoms in total. The number of aryl methyl sites for hydroxylation is 4. The molecule has 1 amide bonds. The topological polar surface area (TPSA) is 67.8 Å². The third-order valence-corrected chi connectivity index (χ3v) is 4.92. The Morgan fingerprint density at radius 2 is 2.08 bits per heavy atom. The van der Waals surface area contributed by atoms with Crippen LogP contribution in [0.5, 0.6) is 0 Å². The number of nitrogens with zero attached hydrogens (tertiary/aromatic N) is 3. The van der Waals surface area contributed by atoms with Crippen LogP contribution in [0, 0.1) is 6.92 Å². The first kappa shape index (κ1) is 16.6. The highest BCUT2D eigenvalue weighted by atomic mass is 16.1. The highest BCUT2D eigenvalue weighted by Gasteiger charge is 2.15. The number of rotatable bonds is 4. The summed E-state index contributed by atoms with van der Waals surface area (Å²) in [6.07, 6.45) is 6.03. The highest BCUT2D eigenvalue weighted by molar-refractivity contribution is 6.06. The second-order valence-electron chi connectivity index (χ2n) is 6.81. The van der Waals surface area contributed by atoms with Crippen molar-refractivity contribution in [3.63, 3.8) is 0 Å². The van der Waals surface area contributed by atoms with Gasteiger partial charge in [-0.15, -0.1) is 0 Å². The van der Waals surface area contributed by atoms with E-state index in [0.29, 0.717) is 17.9 Å². The molecule has 1 N–H and O–H groups in total. The summed E-state index contributed by atoms with van der Waals surface area (Å²) in [6.45, 7) is 4.35. The van der Waals surface area contributed by atoms with Gasteiger partial charge in [-0.05, 0) is 61.9 Å². The summed E-state index contributed by atoms with van der Waals surface area (Å²) >= 11 is 0. The lowest BCUT2D eigenvalue weighted by atomic mass is 10.0. The molecule has 1 aliphatic rings. The number of pyridine rings is 1. The zero-order valence-electron chi connectivity index (χ0n) is 15.2. The number of hydrogen-bond acceptors (Lipinski definition) is 4. The minimum absolute atomic E-state index is 0.113. The van der Waals surface area contributed by atoms with E-state index in [2.05, 4.69) is 39.3 Å². The van der Waals surface area contributed by atoms with Gasteiger partial charge >= 0.3 is 0 Å². The SMILES string of the molecule is CCc1ccc2nc(C)cc(C(=O)NCc3ncc4c(n3)CCC4)c2c1. The number of nitrogens with one attached hydrogen (secondary N) is 1. The lowest BCUT2D eigenvalue weighted by Gasteiger charge is -2.10. The molecule has 3 aromatic rings. The molecule has 1 aliphatic carbocycles. The number of carbonyl (C=O) groups is 1. The third kappa shape index (κ3) is 3.17.